The molecule has 0 spiro atoms. The minimum atomic E-state index is -0.536. The van der Waals surface area contributed by atoms with E-state index in [1.165, 1.54) is 16.7 Å². The highest BCUT2D eigenvalue weighted by Crippen LogP contribution is 2.45. The van der Waals surface area contributed by atoms with Crippen molar-refractivity contribution in [3.63, 3.8) is 0 Å². The molecule has 0 bridgehead atoms. The summed E-state index contributed by atoms with van der Waals surface area (Å²) in [6.45, 7) is 9.72. The Labute approximate surface area is 250 Å². The molecule has 2 aliphatic rings. The molecule has 11 heteroatoms. The molecule has 2 heterocycles. The number of benzene rings is 1. The van der Waals surface area contributed by atoms with Crippen LogP contribution in [0, 0.1) is 19.8 Å². The lowest BCUT2D eigenvalue weighted by Crippen LogP contribution is -2.44. The first kappa shape index (κ1) is 31.1. The highest BCUT2D eigenvalue weighted by molar-refractivity contribution is 7.98. The number of rotatable bonds is 6. The van der Waals surface area contributed by atoms with Crippen LogP contribution >= 0.6 is 23.4 Å². The van der Waals surface area contributed by atoms with Crippen molar-refractivity contribution < 1.29 is 23.8 Å². The lowest BCUT2D eigenvalue weighted by molar-refractivity contribution is 0.0261. The van der Waals surface area contributed by atoms with Crippen LogP contribution in [0.15, 0.2) is 21.8 Å². The zero-order chi connectivity index (χ0) is 30.1. The van der Waals surface area contributed by atoms with E-state index in [1.54, 1.807) is 13.1 Å². The van der Waals surface area contributed by atoms with Crippen LogP contribution in [0.1, 0.15) is 73.6 Å². The van der Waals surface area contributed by atoms with Crippen molar-refractivity contribution in [3.05, 3.63) is 49.9 Å². The molecule has 2 amide bonds. The van der Waals surface area contributed by atoms with E-state index in [0.717, 1.165) is 36.3 Å². The fourth-order valence-electron chi connectivity index (χ4n) is 5.43. The number of thioether (sulfide) groups is 1. The number of aryl methyl sites for hydroxylation is 1. The van der Waals surface area contributed by atoms with Gasteiger partial charge >= 0.3 is 6.09 Å². The minimum absolute atomic E-state index is 0.0567. The van der Waals surface area contributed by atoms with Gasteiger partial charge in [0, 0.05) is 34.8 Å². The zero-order valence-electron chi connectivity index (χ0n) is 24.8. The molecule has 1 saturated carbocycles. The first-order valence-electron chi connectivity index (χ1n) is 13.9. The molecule has 0 radical (unpaired) electrons. The second-order valence-electron chi connectivity index (χ2n) is 11.9. The molecular weight excluding hydrogens is 566 g/mol. The van der Waals surface area contributed by atoms with Gasteiger partial charge in [-0.3, -0.25) is 9.59 Å². The van der Waals surface area contributed by atoms with Gasteiger partial charge < -0.3 is 29.4 Å². The van der Waals surface area contributed by atoms with E-state index >= 15 is 0 Å². The molecule has 224 valence electrons. The average Bonchev–Trinajstić information content (AvgIpc) is 2.90. The number of hydrogen-bond acceptors (Lipinski definition) is 7. The fourth-order valence-corrected chi connectivity index (χ4v) is 6.37. The van der Waals surface area contributed by atoms with Crippen LogP contribution in [0.25, 0.3) is 0 Å². The third-order valence-electron chi connectivity index (χ3n) is 7.54. The maximum absolute atomic E-state index is 13.6. The van der Waals surface area contributed by atoms with Gasteiger partial charge in [0.15, 0.2) is 11.5 Å². The van der Waals surface area contributed by atoms with E-state index in [9.17, 15) is 14.4 Å². The quantitative estimate of drug-likeness (QED) is 0.397. The number of pyridine rings is 1. The Morgan fingerprint density at radius 2 is 1.85 bits per heavy atom. The Morgan fingerprint density at radius 1 is 1.17 bits per heavy atom. The smallest absolute Gasteiger partial charge is 0.407 e. The number of aromatic nitrogens is 1. The number of amides is 2. The largest absolute Gasteiger partial charge is 0.484 e. The number of nitrogens with one attached hydrogen (secondary N) is 2. The van der Waals surface area contributed by atoms with Crippen molar-refractivity contribution in [1.29, 1.82) is 0 Å². The number of ether oxygens (including phenoxy) is 3. The minimum Gasteiger partial charge on any atom is -0.484 e. The van der Waals surface area contributed by atoms with E-state index < -0.39 is 11.7 Å². The summed E-state index contributed by atoms with van der Waals surface area (Å²) in [6.07, 6.45) is 4.67. The number of fused-ring (bicyclic) bond motifs is 1. The topological polar surface area (TPSA) is 110 Å². The summed E-state index contributed by atoms with van der Waals surface area (Å²) in [6, 6.07) is 3.58. The molecule has 9 nitrogen and oxygen atoms in total. The first-order valence-corrected chi connectivity index (χ1v) is 15.5. The Balaban J connectivity index is 1.45. The van der Waals surface area contributed by atoms with E-state index in [1.807, 2.05) is 46.9 Å². The maximum Gasteiger partial charge on any atom is 0.407 e. The van der Waals surface area contributed by atoms with Gasteiger partial charge in [-0.2, -0.15) is 0 Å². The van der Waals surface area contributed by atoms with Crippen molar-refractivity contribution in [2.45, 2.75) is 89.5 Å². The number of carbonyl (C=O) groups excluding carboxylic acids is 2. The summed E-state index contributed by atoms with van der Waals surface area (Å²) in [5.41, 5.74) is 1.62. The molecule has 0 saturated heterocycles. The number of aromatic amines is 1. The number of H-pyrrole nitrogens is 1. The molecule has 1 aromatic carbocycles. The normalized spacial score (nSPS) is 20.3. The maximum atomic E-state index is 13.6. The predicted molar refractivity (Wildman–Crippen MR) is 161 cm³/mol. The number of carbonyl (C=O) groups is 2. The lowest BCUT2D eigenvalue weighted by atomic mass is 9.82. The Morgan fingerprint density at radius 3 is 2.49 bits per heavy atom. The highest BCUT2D eigenvalue weighted by atomic mass is 35.5. The van der Waals surface area contributed by atoms with Gasteiger partial charge in [0.1, 0.15) is 18.3 Å². The van der Waals surface area contributed by atoms with Crippen LogP contribution in [0.3, 0.4) is 0 Å². The van der Waals surface area contributed by atoms with Gasteiger partial charge in [-0.15, -0.1) is 11.8 Å². The van der Waals surface area contributed by atoms with Crippen molar-refractivity contribution >= 4 is 35.4 Å². The molecule has 0 unspecified atom stereocenters. The van der Waals surface area contributed by atoms with E-state index in [0.29, 0.717) is 39.8 Å². The van der Waals surface area contributed by atoms with Crippen LogP contribution in [-0.4, -0.2) is 59.5 Å². The van der Waals surface area contributed by atoms with Crippen LogP contribution in [0.2, 0.25) is 5.02 Å². The van der Waals surface area contributed by atoms with Crippen LogP contribution in [0.5, 0.6) is 11.5 Å². The lowest BCUT2D eigenvalue weighted by Gasteiger charge is -2.37. The molecule has 4 rings (SSSR count). The molecule has 1 aliphatic carbocycles. The number of halogens is 1. The van der Waals surface area contributed by atoms with Crippen molar-refractivity contribution in [1.82, 2.24) is 15.2 Å². The number of hydrogen-bond donors (Lipinski definition) is 2. The Kier molecular flexibility index (Phi) is 9.53. The SMILES string of the molecule is CSc1cc(C)[nH]c(=O)c1CN(C)C(=O)c1cc(Cl)c2c(c1C)O[C@@H](C1CCC(NC(=O)OC(C)(C)C)CC1)CO2. The summed E-state index contributed by atoms with van der Waals surface area (Å²) < 4.78 is 17.9. The number of alkyl carbamates (subject to hydrolysis) is 1. The third-order valence-corrected chi connectivity index (χ3v) is 8.63. The van der Waals surface area contributed by atoms with Crippen LogP contribution in [-0.2, 0) is 11.3 Å². The highest BCUT2D eigenvalue weighted by Gasteiger charge is 2.36. The average molecular weight is 606 g/mol. The summed E-state index contributed by atoms with van der Waals surface area (Å²) in [5.74, 6) is 0.897. The zero-order valence-corrected chi connectivity index (χ0v) is 26.4. The third kappa shape index (κ3) is 7.33. The van der Waals surface area contributed by atoms with Gasteiger partial charge in [0.2, 0.25) is 0 Å². The molecule has 1 aromatic heterocycles. The second-order valence-corrected chi connectivity index (χ2v) is 13.2. The molecule has 41 heavy (non-hydrogen) atoms. The van der Waals surface area contributed by atoms with E-state index in [4.69, 9.17) is 25.8 Å². The molecule has 2 aromatic rings. The standard InChI is InChI=1S/C30H40ClN3O6S/c1-16-12-24(41-7)21(27(35)32-16)14-34(6)28(36)20-13-22(31)26-25(17(20)2)39-23(15-38-26)18-8-10-19(11-9-18)33-29(37)40-30(3,4)5/h12-13,18-19,23H,8-11,14-15H2,1-7H3,(H,32,35)(H,33,37)/t18?,19?,23-/m1/s1. The van der Waals surface area contributed by atoms with Gasteiger partial charge in [-0.1, -0.05) is 11.6 Å². The summed E-state index contributed by atoms with van der Waals surface area (Å²) in [7, 11) is 1.67. The van der Waals surface area contributed by atoms with E-state index in [2.05, 4.69) is 10.3 Å². The van der Waals surface area contributed by atoms with Gasteiger partial charge in [0.05, 0.1) is 17.1 Å². The summed E-state index contributed by atoms with van der Waals surface area (Å²) in [4.78, 5) is 43.6. The van der Waals surface area contributed by atoms with Crippen molar-refractivity contribution in [2.24, 2.45) is 5.92 Å². The number of nitrogens with zero attached hydrogens (tertiary/aromatic N) is 1. The first-order chi connectivity index (χ1) is 19.3. The van der Waals surface area contributed by atoms with Gasteiger partial charge in [0.25, 0.3) is 11.5 Å². The molecule has 1 fully saturated rings. The van der Waals surface area contributed by atoms with Crippen molar-refractivity contribution in [2.75, 3.05) is 19.9 Å². The van der Waals surface area contributed by atoms with Gasteiger partial charge in [-0.05, 0) is 84.6 Å². The fraction of sp³-hybridized carbons (Fsp3) is 0.567. The second kappa shape index (κ2) is 12.6. The Hall–Kier alpha value is -2.85. The van der Waals surface area contributed by atoms with Crippen LogP contribution < -0.4 is 20.3 Å². The van der Waals surface area contributed by atoms with Crippen molar-refractivity contribution in [3.8, 4) is 11.5 Å². The summed E-state index contributed by atoms with van der Waals surface area (Å²) in [5, 5.41) is 3.29. The Bertz CT molecular complexity index is 1360. The molecular formula is C30H40ClN3O6S. The molecule has 2 N–H and O–H groups in total. The monoisotopic (exact) mass is 605 g/mol. The summed E-state index contributed by atoms with van der Waals surface area (Å²) >= 11 is 8.05. The van der Waals surface area contributed by atoms with Crippen LogP contribution in [0.4, 0.5) is 4.79 Å². The van der Waals surface area contributed by atoms with E-state index in [-0.39, 0.29) is 36.1 Å². The van der Waals surface area contributed by atoms with Gasteiger partial charge in [-0.25, -0.2) is 4.79 Å². The molecule has 1 atom stereocenters. The predicted octanol–water partition coefficient (Wildman–Crippen LogP) is 5.86. The molecule has 1 aliphatic heterocycles.